The van der Waals surface area contributed by atoms with E-state index in [1.54, 1.807) is 18.2 Å². The van der Waals surface area contributed by atoms with E-state index in [0.29, 0.717) is 26.3 Å². The van der Waals surface area contributed by atoms with Crippen LogP contribution in [0.1, 0.15) is 10.4 Å². The second kappa shape index (κ2) is 7.75. The lowest BCUT2D eigenvalue weighted by atomic mass is 10.2. The Morgan fingerprint density at radius 2 is 1.73 bits per heavy atom. The summed E-state index contributed by atoms with van der Waals surface area (Å²) in [5.41, 5.74) is 0.151. The number of amides is 1. The molecular weight excluding hydrogens is 393 g/mol. The number of nitrogens with one attached hydrogen (secondary N) is 1. The van der Waals surface area contributed by atoms with Crippen molar-refractivity contribution in [2.24, 2.45) is 0 Å². The maximum Gasteiger partial charge on any atom is 0.255 e. The third-order valence-corrected chi connectivity index (χ3v) is 4.43. The van der Waals surface area contributed by atoms with Crippen LogP contribution in [0.15, 0.2) is 18.2 Å². The second-order valence-corrected chi connectivity index (χ2v) is 7.85. The quantitative estimate of drug-likeness (QED) is 0.778. The van der Waals surface area contributed by atoms with Gasteiger partial charge in [0.2, 0.25) is 3.79 Å². The predicted octanol–water partition coefficient (Wildman–Crippen LogP) is 3.75. The summed E-state index contributed by atoms with van der Waals surface area (Å²) in [6.45, 7) is 2.07. The number of halogens is 5. The second-order valence-electron chi connectivity index (χ2n) is 4.66. The monoisotopic (exact) mass is 404 g/mol. The maximum atomic E-state index is 12.5. The van der Waals surface area contributed by atoms with E-state index < -0.39 is 15.9 Å². The Hall–Kier alpha value is 0.0600. The molecule has 1 aromatic rings. The highest BCUT2D eigenvalue weighted by atomic mass is 35.6. The molecule has 9 heteroatoms. The SMILES string of the molecule is O=C(N[C@H](N1CCOCC1)C(Cl)(Cl)Cl)c1c(Cl)cccc1Cl. The molecule has 0 aromatic heterocycles. The highest BCUT2D eigenvalue weighted by molar-refractivity contribution is 6.68. The molecule has 0 saturated carbocycles. The first-order valence-corrected chi connectivity index (χ1v) is 8.33. The van der Waals surface area contributed by atoms with Gasteiger partial charge in [-0.25, -0.2) is 0 Å². The summed E-state index contributed by atoms with van der Waals surface area (Å²) < 4.78 is 3.56. The first kappa shape index (κ1) is 18.4. The van der Waals surface area contributed by atoms with E-state index in [1.165, 1.54) is 0 Å². The molecule has 1 fully saturated rings. The van der Waals surface area contributed by atoms with Crippen molar-refractivity contribution in [1.29, 1.82) is 0 Å². The molecule has 0 bridgehead atoms. The van der Waals surface area contributed by atoms with Gasteiger partial charge in [0, 0.05) is 13.1 Å². The summed E-state index contributed by atoms with van der Waals surface area (Å²) >= 11 is 30.1. The number of carbonyl (C=O) groups is 1. The van der Waals surface area contributed by atoms with Crippen LogP contribution < -0.4 is 5.32 Å². The Kier molecular flexibility index (Phi) is 6.48. The van der Waals surface area contributed by atoms with Crippen molar-refractivity contribution >= 4 is 63.9 Å². The predicted molar refractivity (Wildman–Crippen MR) is 90.4 cm³/mol. The van der Waals surface area contributed by atoms with Gasteiger partial charge in [-0.15, -0.1) is 0 Å². The average Bonchev–Trinajstić information content (AvgIpc) is 2.44. The fourth-order valence-electron chi connectivity index (χ4n) is 2.13. The summed E-state index contributed by atoms with van der Waals surface area (Å²) in [6.07, 6.45) is -0.818. The minimum Gasteiger partial charge on any atom is -0.379 e. The van der Waals surface area contributed by atoms with Crippen LogP contribution in [0.3, 0.4) is 0 Å². The summed E-state index contributed by atoms with van der Waals surface area (Å²) in [6, 6.07) is 4.79. The molecular formula is C13H13Cl5N2O2. The molecule has 1 atom stereocenters. The summed E-state index contributed by atoms with van der Waals surface area (Å²) in [5.74, 6) is -0.501. The van der Waals surface area contributed by atoms with Crippen LogP contribution in [0.4, 0.5) is 0 Å². The summed E-state index contributed by atoms with van der Waals surface area (Å²) in [7, 11) is 0. The zero-order chi connectivity index (χ0) is 16.3. The van der Waals surface area contributed by atoms with Crippen LogP contribution in [0.25, 0.3) is 0 Å². The third-order valence-electron chi connectivity index (χ3n) is 3.18. The van der Waals surface area contributed by atoms with Crippen LogP contribution in [0.5, 0.6) is 0 Å². The molecule has 1 heterocycles. The zero-order valence-electron chi connectivity index (χ0n) is 11.3. The minimum atomic E-state index is -1.71. The van der Waals surface area contributed by atoms with E-state index in [4.69, 9.17) is 62.7 Å². The van der Waals surface area contributed by atoms with Gasteiger partial charge in [0.25, 0.3) is 5.91 Å². The third kappa shape index (κ3) is 4.54. The molecule has 0 radical (unpaired) electrons. The van der Waals surface area contributed by atoms with Crippen molar-refractivity contribution in [1.82, 2.24) is 10.2 Å². The lowest BCUT2D eigenvalue weighted by Crippen LogP contribution is -2.58. The largest absolute Gasteiger partial charge is 0.379 e. The van der Waals surface area contributed by atoms with E-state index >= 15 is 0 Å². The van der Waals surface area contributed by atoms with Gasteiger partial charge in [0.05, 0.1) is 28.8 Å². The molecule has 1 saturated heterocycles. The number of hydrogen-bond acceptors (Lipinski definition) is 3. The Morgan fingerprint density at radius 1 is 1.18 bits per heavy atom. The Balaban J connectivity index is 2.21. The Bertz CT molecular complexity index is 523. The smallest absolute Gasteiger partial charge is 0.255 e. The Labute approximate surface area is 153 Å². The van der Waals surface area contributed by atoms with Crippen LogP contribution in [0.2, 0.25) is 10.0 Å². The topological polar surface area (TPSA) is 41.6 Å². The normalized spacial score (nSPS) is 18.0. The number of benzene rings is 1. The first-order valence-electron chi connectivity index (χ1n) is 6.44. The molecule has 1 aromatic carbocycles. The van der Waals surface area contributed by atoms with Gasteiger partial charge in [-0.2, -0.15) is 0 Å². The van der Waals surface area contributed by atoms with Crippen LogP contribution in [0, 0.1) is 0 Å². The number of carbonyl (C=O) groups excluding carboxylic acids is 1. The van der Waals surface area contributed by atoms with Crippen LogP contribution in [-0.2, 0) is 4.74 Å². The summed E-state index contributed by atoms with van der Waals surface area (Å²) in [4.78, 5) is 14.3. The molecule has 2 rings (SSSR count). The van der Waals surface area contributed by atoms with Crippen molar-refractivity contribution in [2.45, 2.75) is 9.96 Å². The molecule has 1 aliphatic rings. The fraction of sp³-hybridized carbons (Fsp3) is 0.462. The zero-order valence-corrected chi connectivity index (χ0v) is 15.1. The standard InChI is InChI=1S/C13H13Cl5N2O2/c14-8-2-1-3-9(15)10(8)11(21)19-12(13(16,17)18)20-4-6-22-7-5-20/h1-3,12H,4-7H2,(H,19,21)/t12-/m1/s1. The van der Waals surface area contributed by atoms with Crippen LogP contribution in [-0.4, -0.2) is 47.1 Å². The Morgan fingerprint density at radius 3 is 2.23 bits per heavy atom. The van der Waals surface area contributed by atoms with E-state index in [-0.39, 0.29) is 15.6 Å². The minimum absolute atomic E-state index is 0.151. The van der Waals surface area contributed by atoms with Crippen molar-refractivity contribution in [2.75, 3.05) is 26.3 Å². The maximum absolute atomic E-state index is 12.5. The van der Waals surface area contributed by atoms with E-state index in [2.05, 4.69) is 5.32 Å². The van der Waals surface area contributed by atoms with Crippen molar-refractivity contribution in [3.05, 3.63) is 33.8 Å². The number of morpholine rings is 1. The number of hydrogen-bond donors (Lipinski definition) is 1. The molecule has 1 aliphatic heterocycles. The highest BCUT2D eigenvalue weighted by Crippen LogP contribution is 2.33. The molecule has 122 valence electrons. The lowest BCUT2D eigenvalue weighted by Gasteiger charge is -2.38. The van der Waals surface area contributed by atoms with E-state index in [0.717, 1.165) is 0 Å². The molecule has 0 aliphatic carbocycles. The highest BCUT2D eigenvalue weighted by Gasteiger charge is 2.39. The molecule has 1 N–H and O–H groups in total. The van der Waals surface area contributed by atoms with Gasteiger partial charge in [-0.1, -0.05) is 64.1 Å². The fourth-order valence-corrected chi connectivity index (χ4v) is 3.27. The summed E-state index contributed by atoms with van der Waals surface area (Å²) in [5, 5.41) is 3.15. The number of ether oxygens (including phenoxy) is 1. The van der Waals surface area contributed by atoms with Gasteiger partial charge in [-0.3, -0.25) is 9.69 Å². The molecule has 1 amide bonds. The van der Waals surface area contributed by atoms with Gasteiger partial charge in [-0.05, 0) is 12.1 Å². The lowest BCUT2D eigenvalue weighted by molar-refractivity contribution is 0.00996. The van der Waals surface area contributed by atoms with Crippen molar-refractivity contribution < 1.29 is 9.53 Å². The number of alkyl halides is 3. The number of nitrogens with zero attached hydrogens (tertiary/aromatic N) is 1. The van der Waals surface area contributed by atoms with Gasteiger partial charge in [0.15, 0.2) is 0 Å². The van der Waals surface area contributed by atoms with Crippen molar-refractivity contribution in [3.63, 3.8) is 0 Å². The van der Waals surface area contributed by atoms with E-state index in [1.807, 2.05) is 4.90 Å². The number of rotatable bonds is 3. The molecule has 4 nitrogen and oxygen atoms in total. The van der Waals surface area contributed by atoms with Gasteiger partial charge >= 0.3 is 0 Å². The van der Waals surface area contributed by atoms with Gasteiger partial charge < -0.3 is 10.1 Å². The molecule has 22 heavy (non-hydrogen) atoms. The van der Waals surface area contributed by atoms with Gasteiger partial charge in [0.1, 0.15) is 6.17 Å². The van der Waals surface area contributed by atoms with Crippen LogP contribution >= 0.6 is 58.0 Å². The average molecular weight is 407 g/mol. The van der Waals surface area contributed by atoms with E-state index in [9.17, 15) is 4.79 Å². The van der Waals surface area contributed by atoms with Crippen molar-refractivity contribution in [3.8, 4) is 0 Å². The molecule has 0 unspecified atom stereocenters. The molecule has 0 spiro atoms. The first-order chi connectivity index (χ1) is 10.3.